The maximum Gasteiger partial charge on any atom is 0.213 e. The van der Waals surface area contributed by atoms with Gasteiger partial charge in [0.1, 0.15) is 0 Å². The zero-order valence-corrected chi connectivity index (χ0v) is 16.3. The Kier molecular flexibility index (Phi) is 3.80. The molecule has 1 spiro atoms. The molecule has 0 unspecified atom stereocenters. The number of rotatable bonds is 3. The van der Waals surface area contributed by atoms with Crippen LogP contribution in [0, 0.1) is 11.3 Å². The monoisotopic (exact) mass is 387 g/mol. The number of sulfonamides is 1. The van der Waals surface area contributed by atoms with Gasteiger partial charge in [-0.15, -0.1) is 0 Å². The molecule has 6 nitrogen and oxygen atoms in total. The number of hydrogen-bond donors (Lipinski definition) is 1. The Morgan fingerprint density at radius 3 is 2.70 bits per heavy atom. The smallest absolute Gasteiger partial charge is 0.213 e. The van der Waals surface area contributed by atoms with E-state index in [1.54, 1.807) is 11.2 Å². The summed E-state index contributed by atoms with van der Waals surface area (Å²) in [6, 6.07) is 8.50. The second-order valence-corrected chi connectivity index (χ2v) is 10.5. The topological polar surface area (TPSA) is 75.4 Å². The maximum absolute atomic E-state index is 12.1. The van der Waals surface area contributed by atoms with Gasteiger partial charge in [-0.25, -0.2) is 17.7 Å². The van der Waals surface area contributed by atoms with Crippen LogP contribution < -0.4 is 0 Å². The van der Waals surface area contributed by atoms with Crippen LogP contribution in [0.4, 0.5) is 0 Å². The van der Waals surface area contributed by atoms with Crippen LogP contribution in [0.3, 0.4) is 0 Å². The lowest BCUT2D eigenvalue weighted by Crippen LogP contribution is -2.59. The molecule has 7 heteroatoms. The van der Waals surface area contributed by atoms with Crippen LogP contribution in [0.15, 0.2) is 36.8 Å². The molecule has 1 aromatic heterocycles. The molecule has 3 atom stereocenters. The average molecular weight is 388 g/mol. The second-order valence-electron chi connectivity index (χ2n) is 8.19. The van der Waals surface area contributed by atoms with E-state index in [4.69, 9.17) is 0 Å². The Morgan fingerprint density at radius 1 is 1.26 bits per heavy atom. The van der Waals surface area contributed by atoms with Gasteiger partial charge < -0.3 is 9.67 Å². The number of aromatic nitrogens is 2. The average Bonchev–Trinajstić information content (AvgIpc) is 3.27. The van der Waals surface area contributed by atoms with Crippen molar-refractivity contribution >= 4 is 10.0 Å². The minimum absolute atomic E-state index is 0.122. The quantitative estimate of drug-likeness (QED) is 0.877. The normalized spacial score (nSPS) is 29.3. The van der Waals surface area contributed by atoms with Crippen molar-refractivity contribution in [3.63, 3.8) is 0 Å². The van der Waals surface area contributed by atoms with Gasteiger partial charge in [-0.2, -0.15) is 0 Å². The predicted molar refractivity (Wildman–Crippen MR) is 103 cm³/mol. The van der Waals surface area contributed by atoms with Crippen molar-refractivity contribution in [2.24, 2.45) is 11.3 Å². The van der Waals surface area contributed by atoms with Crippen molar-refractivity contribution in [3.05, 3.63) is 42.4 Å². The highest BCUT2D eigenvalue weighted by Gasteiger charge is 2.58. The Bertz CT molecular complexity index is 976. The first-order chi connectivity index (χ1) is 13.0. The Hall–Kier alpha value is -1.70. The van der Waals surface area contributed by atoms with E-state index in [-0.39, 0.29) is 23.1 Å². The number of benzene rings is 1. The second kappa shape index (κ2) is 5.90. The molecule has 2 aromatic rings. The van der Waals surface area contributed by atoms with E-state index in [1.165, 1.54) is 11.1 Å². The molecule has 0 amide bonds. The number of aliphatic hydroxyl groups is 1. The number of imidazole rings is 1. The van der Waals surface area contributed by atoms with Gasteiger partial charge in [-0.05, 0) is 37.2 Å². The van der Waals surface area contributed by atoms with Crippen LogP contribution in [-0.4, -0.2) is 52.3 Å². The molecule has 1 saturated carbocycles. The Morgan fingerprint density at radius 2 is 2.00 bits per heavy atom. The maximum atomic E-state index is 12.1. The summed E-state index contributed by atoms with van der Waals surface area (Å²) in [7, 11) is -3.14. The van der Waals surface area contributed by atoms with Crippen LogP contribution in [0.2, 0.25) is 0 Å². The summed E-state index contributed by atoms with van der Waals surface area (Å²) in [5.74, 6) is 0.295. The van der Waals surface area contributed by atoms with Crippen molar-refractivity contribution < 1.29 is 13.5 Å². The minimum atomic E-state index is -3.14. The zero-order chi connectivity index (χ0) is 18.8. The van der Waals surface area contributed by atoms with Crippen molar-refractivity contribution in [2.75, 3.05) is 18.8 Å². The Labute approximate surface area is 159 Å². The molecule has 0 bridgehead atoms. The number of aliphatic hydroxyl groups excluding tert-OH is 1. The molecule has 5 rings (SSSR count). The van der Waals surface area contributed by atoms with Gasteiger partial charge in [0.05, 0.1) is 36.1 Å². The Balaban J connectivity index is 1.37. The van der Waals surface area contributed by atoms with Gasteiger partial charge in [0.2, 0.25) is 10.0 Å². The summed E-state index contributed by atoms with van der Waals surface area (Å²) in [5.41, 5.74) is 3.45. The lowest BCUT2D eigenvalue weighted by molar-refractivity contribution is -0.152. The van der Waals surface area contributed by atoms with Crippen LogP contribution >= 0.6 is 0 Å². The van der Waals surface area contributed by atoms with E-state index >= 15 is 0 Å². The fraction of sp³-hybridized carbons (Fsp3) is 0.550. The lowest BCUT2D eigenvalue weighted by Gasteiger charge is -2.57. The number of hydrogen-bond acceptors (Lipinski definition) is 4. The first kappa shape index (κ1) is 17.4. The summed E-state index contributed by atoms with van der Waals surface area (Å²) in [4.78, 5) is 4.32. The van der Waals surface area contributed by atoms with E-state index in [0.717, 1.165) is 25.0 Å². The van der Waals surface area contributed by atoms with Gasteiger partial charge in [-0.1, -0.05) is 24.3 Å². The van der Waals surface area contributed by atoms with Gasteiger partial charge in [0.15, 0.2) is 0 Å². The van der Waals surface area contributed by atoms with E-state index < -0.39 is 16.1 Å². The fourth-order valence-electron chi connectivity index (χ4n) is 5.48. The standard InChI is InChI=1S/C20H25N3O3S/c1-2-27(25,26)22-9-7-20(8-10-22)11-16(19(20)24)18-15-6-4-3-5-14(15)17-12-21-13-23(17)18/h3-6,12-13,16,18-19,24H,2,7-11H2,1H3/t16-,18-,19+/m1/s1. The molecule has 3 aliphatic rings. The third kappa shape index (κ3) is 2.38. The molecule has 1 aliphatic carbocycles. The third-order valence-electron chi connectivity index (χ3n) is 7.08. The van der Waals surface area contributed by atoms with Gasteiger partial charge in [0, 0.05) is 24.6 Å². The zero-order valence-electron chi connectivity index (χ0n) is 15.5. The highest BCUT2D eigenvalue weighted by atomic mass is 32.2. The number of piperidine rings is 1. The molecule has 144 valence electrons. The van der Waals surface area contributed by atoms with Gasteiger partial charge >= 0.3 is 0 Å². The summed E-state index contributed by atoms with van der Waals surface area (Å²) in [6.45, 7) is 2.74. The summed E-state index contributed by atoms with van der Waals surface area (Å²) >= 11 is 0. The third-order valence-corrected chi connectivity index (χ3v) is 8.96. The van der Waals surface area contributed by atoms with Crippen LogP contribution in [0.25, 0.3) is 11.3 Å². The van der Waals surface area contributed by atoms with E-state index in [2.05, 4.69) is 27.8 Å². The van der Waals surface area contributed by atoms with E-state index in [1.807, 2.05) is 18.6 Å². The number of fused-ring (bicyclic) bond motifs is 3. The first-order valence-corrected chi connectivity index (χ1v) is 11.3. The number of nitrogens with zero attached hydrogens (tertiary/aromatic N) is 3. The van der Waals surface area contributed by atoms with Crippen LogP contribution in [0.5, 0.6) is 0 Å². The molecule has 27 heavy (non-hydrogen) atoms. The molecule has 2 aliphatic heterocycles. The van der Waals surface area contributed by atoms with E-state index in [9.17, 15) is 13.5 Å². The molecule has 1 saturated heterocycles. The summed E-state index contributed by atoms with van der Waals surface area (Å²) in [5, 5.41) is 11.2. The molecule has 3 heterocycles. The summed E-state index contributed by atoms with van der Waals surface area (Å²) in [6.07, 6.45) is 5.78. The van der Waals surface area contributed by atoms with Gasteiger partial charge in [-0.3, -0.25) is 0 Å². The first-order valence-electron chi connectivity index (χ1n) is 9.74. The molecular weight excluding hydrogens is 362 g/mol. The highest BCUT2D eigenvalue weighted by Crippen LogP contribution is 2.59. The molecule has 1 N–H and O–H groups in total. The predicted octanol–water partition coefficient (Wildman–Crippen LogP) is 2.27. The molecule has 2 fully saturated rings. The van der Waals surface area contributed by atoms with Crippen LogP contribution in [0.1, 0.15) is 37.8 Å². The van der Waals surface area contributed by atoms with Crippen molar-refractivity contribution in [2.45, 2.75) is 38.3 Å². The highest BCUT2D eigenvalue weighted by molar-refractivity contribution is 7.89. The minimum Gasteiger partial charge on any atom is -0.392 e. The molecule has 1 aromatic carbocycles. The van der Waals surface area contributed by atoms with Crippen molar-refractivity contribution in [1.29, 1.82) is 0 Å². The van der Waals surface area contributed by atoms with E-state index in [0.29, 0.717) is 13.1 Å². The van der Waals surface area contributed by atoms with Crippen LogP contribution in [-0.2, 0) is 10.0 Å². The molecular formula is C20H25N3O3S. The van der Waals surface area contributed by atoms with Gasteiger partial charge in [0.25, 0.3) is 0 Å². The lowest BCUT2D eigenvalue weighted by atomic mass is 9.53. The van der Waals surface area contributed by atoms with Crippen molar-refractivity contribution in [1.82, 2.24) is 13.9 Å². The largest absolute Gasteiger partial charge is 0.392 e. The van der Waals surface area contributed by atoms with Crippen molar-refractivity contribution in [3.8, 4) is 11.3 Å². The SMILES string of the molecule is CCS(=O)(=O)N1CCC2(CC1)C[C@H]([C@H]1c3ccccc3-c3cncn31)[C@@H]2O. The fourth-order valence-corrected chi connectivity index (χ4v) is 6.59. The summed E-state index contributed by atoms with van der Waals surface area (Å²) < 4.78 is 28.0. The molecule has 0 radical (unpaired) electrons.